The summed E-state index contributed by atoms with van der Waals surface area (Å²) in [5.74, 6) is 0.220. The molecular weight excluding hydrogens is 170 g/mol. The summed E-state index contributed by atoms with van der Waals surface area (Å²) in [5.41, 5.74) is -0.730. The number of thiazole rings is 1. The van der Waals surface area contributed by atoms with Gasteiger partial charge in [0, 0.05) is 6.20 Å². The molecule has 0 aromatic carbocycles. The summed E-state index contributed by atoms with van der Waals surface area (Å²) in [6.07, 6.45) is 1.76. The first-order valence-corrected chi connectivity index (χ1v) is 4.91. The van der Waals surface area contributed by atoms with Gasteiger partial charge in [0.25, 0.3) is 0 Å². The van der Waals surface area contributed by atoms with Crippen molar-refractivity contribution in [2.75, 3.05) is 0 Å². The Morgan fingerprint density at radius 1 is 1.58 bits per heavy atom. The van der Waals surface area contributed by atoms with Gasteiger partial charge in [0.1, 0.15) is 0 Å². The Hall–Kier alpha value is -0.410. The van der Waals surface area contributed by atoms with E-state index in [4.69, 9.17) is 0 Å². The maximum atomic E-state index is 10.0. The summed E-state index contributed by atoms with van der Waals surface area (Å²) in [6, 6.07) is 0. The highest BCUT2D eigenvalue weighted by molar-refractivity contribution is 7.11. The lowest BCUT2D eigenvalue weighted by atomic mass is 9.92. The van der Waals surface area contributed by atoms with E-state index in [1.807, 2.05) is 27.7 Å². The van der Waals surface area contributed by atoms with Crippen LogP contribution in [-0.4, -0.2) is 10.1 Å². The van der Waals surface area contributed by atoms with Crippen molar-refractivity contribution >= 4 is 11.3 Å². The summed E-state index contributed by atoms with van der Waals surface area (Å²) in [6.45, 7) is 7.80. The van der Waals surface area contributed by atoms with Crippen LogP contribution in [0.4, 0.5) is 0 Å². The fraction of sp³-hybridized carbons (Fsp3) is 0.667. The zero-order valence-electron chi connectivity index (χ0n) is 7.96. The second-order valence-corrected chi connectivity index (χ2v) is 4.78. The van der Waals surface area contributed by atoms with Crippen LogP contribution in [0.25, 0.3) is 0 Å². The molecule has 0 saturated heterocycles. The molecule has 1 unspecified atom stereocenters. The van der Waals surface area contributed by atoms with Crippen LogP contribution in [0.1, 0.15) is 30.7 Å². The highest BCUT2D eigenvalue weighted by Gasteiger charge is 2.28. The van der Waals surface area contributed by atoms with Gasteiger partial charge in [-0.05, 0) is 19.8 Å². The smallest absolute Gasteiger partial charge is 0.0998 e. The van der Waals surface area contributed by atoms with Crippen molar-refractivity contribution < 1.29 is 5.11 Å². The first-order valence-electron chi connectivity index (χ1n) is 4.10. The minimum absolute atomic E-state index is 0.220. The summed E-state index contributed by atoms with van der Waals surface area (Å²) in [7, 11) is 0. The lowest BCUT2D eigenvalue weighted by molar-refractivity contribution is 0.0124. The number of nitrogens with zero attached hydrogens (tertiary/aromatic N) is 1. The first kappa shape index (κ1) is 9.68. The monoisotopic (exact) mass is 185 g/mol. The van der Waals surface area contributed by atoms with E-state index < -0.39 is 5.60 Å². The molecule has 1 atom stereocenters. The van der Waals surface area contributed by atoms with Crippen molar-refractivity contribution in [2.24, 2.45) is 5.92 Å². The van der Waals surface area contributed by atoms with Crippen LogP contribution in [-0.2, 0) is 5.60 Å². The Balaban J connectivity index is 2.97. The van der Waals surface area contributed by atoms with Crippen LogP contribution in [0.3, 0.4) is 0 Å². The molecule has 1 heterocycles. The van der Waals surface area contributed by atoms with E-state index in [-0.39, 0.29) is 5.92 Å². The number of aryl methyl sites for hydroxylation is 1. The molecule has 1 rings (SSSR count). The molecule has 0 radical (unpaired) electrons. The molecule has 0 fully saturated rings. The van der Waals surface area contributed by atoms with Crippen molar-refractivity contribution in [3.05, 3.63) is 16.1 Å². The van der Waals surface area contributed by atoms with Gasteiger partial charge in [0.05, 0.1) is 15.5 Å². The van der Waals surface area contributed by atoms with Gasteiger partial charge in [-0.3, -0.25) is 0 Å². The lowest BCUT2D eigenvalue weighted by Gasteiger charge is -2.25. The second kappa shape index (κ2) is 3.15. The number of hydrogen-bond acceptors (Lipinski definition) is 3. The molecule has 3 heteroatoms. The molecule has 0 saturated carbocycles. The summed E-state index contributed by atoms with van der Waals surface area (Å²) in [4.78, 5) is 5.08. The Kier molecular flexibility index (Phi) is 2.54. The van der Waals surface area contributed by atoms with Gasteiger partial charge < -0.3 is 5.11 Å². The van der Waals surface area contributed by atoms with E-state index in [0.717, 1.165) is 9.88 Å². The SMILES string of the molecule is Cc1ncc(C(C)(O)C(C)C)s1. The van der Waals surface area contributed by atoms with Crippen molar-refractivity contribution in [2.45, 2.75) is 33.3 Å². The normalized spacial score (nSPS) is 16.5. The van der Waals surface area contributed by atoms with Crippen molar-refractivity contribution in [3.8, 4) is 0 Å². The molecule has 1 aromatic rings. The van der Waals surface area contributed by atoms with Crippen LogP contribution >= 0.6 is 11.3 Å². The molecule has 2 nitrogen and oxygen atoms in total. The molecular formula is C9H15NOS. The topological polar surface area (TPSA) is 33.1 Å². The van der Waals surface area contributed by atoms with Crippen molar-refractivity contribution in [3.63, 3.8) is 0 Å². The quantitative estimate of drug-likeness (QED) is 0.767. The molecule has 0 amide bonds. The highest BCUT2D eigenvalue weighted by Crippen LogP contribution is 2.32. The van der Waals surface area contributed by atoms with E-state index in [9.17, 15) is 5.11 Å². The molecule has 0 aliphatic heterocycles. The van der Waals surface area contributed by atoms with Crippen LogP contribution in [0.15, 0.2) is 6.20 Å². The minimum atomic E-state index is -0.730. The Morgan fingerprint density at radius 2 is 2.17 bits per heavy atom. The lowest BCUT2D eigenvalue weighted by Crippen LogP contribution is -2.26. The average molecular weight is 185 g/mol. The van der Waals surface area contributed by atoms with E-state index >= 15 is 0 Å². The zero-order chi connectivity index (χ0) is 9.35. The van der Waals surface area contributed by atoms with Gasteiger partial charge in [-0.25, -0.2) is 4.98 Å². The third-order valence-corrected chi connectivity index (χ3v) is 3.38. The Bertz CT molecular complexity index is 265. The molecule has 0 spiro atoms. The Labute approximate surface area is 77.3 Å². The molecule has 1 N–H and O–H groups in total. The van der Waals surface area contributed by atoms with Gasteiger partial charge in [-0.1, -0.05) is 13.8 Å². The third kappa shape index (κ3) is 1.67. The predicted octanol–water partition coefficient (Wildman–Crippen LogP) is 2.32. The first-order chi connectivity index (χ1) is 5.44. The summed E-state index contributed by atoms with van der Waals surface area (Å²) >= 11 is 1.56. The van der Waals surface area contributed by atoms with Gasteiger partial charge >= 0.3 is 0 Å². The Morgan fingerprint density at radius 3 is 2.50 bits per heavy atom. The predicted molar refractivity (Wildman–Crippen MR) is 51.3 cm³/mol. The van der Waals surface area contributed by atoms with Gasteiger partial charge in [-0.15, -0.1) is 11.3 Å². The van der Waals surface area contributed by atoms with E-state index in [2.05, 4.69) is 4.98 Å². The largest absolute Gasteiger partial charge is 0.384 e. The molecule has 0 aliphatic carbocycles. The molecule has 68 valence electrons. The third-order valence-electron chi connectivity index (χ3n) is 2.24. The summed E-state index contributed by atoms with van der Waals surface area (Å²) < 4.78 is 0. The fourth-order valence-electron chi connectivity index (χ4n) is 0.880. The number of rotatable bonds is 2. The van der Waals surface area contributed by atoms with E-state index in [0.29, 0.717) is 0 Å². The van der Waals surface area contributed by atoms with Gasteiger partial charge in [0.15, 0.2) is 0 Å². The van der Waals surface area contributed by atoms with E-state index in [1.165, 1.54) is 0 Å². The number of hydrogen-bond donors (Lipinski definition) is 1. The highest BCUT2D eigenvalue weighted by atomic mass is 32.1. The molecule has 0 aliphatic rings. The molecule has 0 bridgehead atoms. The average Bonchev–Trinajstić information content (AvgIpc) is 2.35. The standard InChI is InChI=1S/C9H15NOS/c1-6(2)9(4,11)8-5-10-7(3)12-8/h5-6,11H,1-4H3. The van der Waals surface area contributed by atoms with Crippen LogP contribution in [0.5, 0.6) is 0 Å². The van der Waals surface area contributed by atoms with Crippen LogP contribution in [0.2, 0.25) is 0 Å². The molecule has 1 aromatic heterocycles. The van der Waals surface area contributed by atoms with Crippen molar-refractivity contribution in [1.82, 2.24) is 4.98 Å². The maximum Gasteiger partial charge on any atom is 0.0998 e. The van der Waals surface area contributed by atoms with Crippen LogP contribution in [0, 0.1) is 12.8 Å². The second-order valence-electron chi connectivity index (χ2n) is 3.55. The van der Waals surface area contributed by atoms with E-state index in [1.54, 1.807) is 17.5 Å². The number of aliphatic hydroxyl groups is 1. The fourth-order valence-corrected chi connectivity index (χ4v) is 1.85. The molecule has 12 heavy (non-hydrogen) atoms. The maximum absolute atomic E-state index is 10.0. The zero-order valence-corrected chi connectivity index (χ0v) is 8.77. The minimum Gasteiger partial charge on any atom is -0.384 e. The summed E-state index contributed by atoms with van der Waals surface area (Å²) in [5, 5.41) is 11.1. The van der Waals surface area contributed by atoms with Gasteiger partial charge in [0.2, 0.25) is 0 Å². The van der Waals surface area contributed by atoms with Crippen LogP contribution < -0.4 is 0 Å². The number of aromatic nitrogens is 1. The van der Waals surface area contributed by atoms with Gasteiger partial charge in [-0.2, -0.15) is 0 Å². The van der Waals surface area contributed by atoms with Crippen molar-refractivity contribution in [1.29, 1.82) is 0 Å².